The SMILES string of the molecule is Cn1cnc2c(ncn2[C@H]2C[C@H](OP(=O)(O)O)[C@@H](CO)O2)c1=N. The Morgan fingerprint density at radius 1 is 1.48 bits per heavy atom. The molecule has 1 aliphatic heterocycles. The fourth-order valence-electron chi connectivity index (χ4n) is 2.55. The summed E-state index contributed by atoms with van der Waals surface area (Å²) in [5.41, 5.74) is 0.957. The zero-order chi connectivity index (χ0) is 16.8. The quantitative estimate of drug-likeness (QED) is 0.515. The zero-order valence-electron chi connectivity index (χ0n) is 12.1. The fraction of sp³-hybridized carbons (Fsp3) is 0.545. The van der Waals surface area contributed by atoms with E-state index in [0.717, 1.165) is 0 Å². The molecule has 126 valence electrons. The van der Waals surface area contributed by atoms with E-state index in [4.69, 9.17) is 19.9 Å². The summed E-state index contributed by atoms with van der Waals surface area (Å²) in [5.74, 6) is 0. The van der Waals surface area contributed by atoms with Crippen LogP contribution >= 0.6 is 7.82 Å². The molecule has 0 radical (unpaired) electrons. The third-order valence-electron chi connectivity index (χ3n) is 3.64. The number of phosphoric acid groups is 1. The first kappa shape index (κ1) is 16.2. The summed E-state index contributed by atoms with van der Waals surface area (Å²) in [6.45, 7) is -0.445. The van der Waals surface area contributed by atoms with E-state index in [2.05, 4.69) is 14.5 Å². The number of rotatable bonds is 4. The number of aryl methyl sites for hydroxylation is 1. The molecule has 3 atom stereocenters. The van der Waals surface area contributed by atoms with Crippen LogP contribution in [0.5, 0.6) is 0 Å². The molecule has 12 heteroatoms. The van der Waals surface area contributed by atoms with Crippen molar-refractivity contribution in [1.29, 1.82) is 5.41 Å². The van der Waals surface area contributed by atoms with Crippen LogP contribution in [0.1, 0.15) is 12.6 Å². The molecule has 3 heterocycles. The van der Waals surface area contributed by atoms with Gasteiger partial charge in [0.2, 0.25) is 0 Å². The number of hydrogen-bond acceptors (Lipinski definition) is 7. The molecule has 3 rings (SSSR count). The summed E-state index contributed by atoms with van der Waals surface area (Å²) in [6.07, 6.45) is 0.518. The number of aromatic nitrogens is 4. The molecular weight excluding hydrogens is 329 g/mol. The number of nitrogens with one attached hydrogen (secondary N) is 1. The Labute approximate surface area is 129 Å². The van der Waals surface area contributed by atoms with Crippen molar-refractivity contribution in [2.75, 3.05) is 6.61 Å². The maximum atomic E-state index is 11.0. The van der Waals surface area contributed by atoms with Crippen LogP contribution in [0.4, 0.5) is 0 Å². The van der Waals surface area contributed by atoms with Crippen LogP contribution in [0.2, 0.25) is 0 Å². The largest absolute Gasteiger partial charge is 0.469 e. The lowest BCUT2D eigenvalue weighted by molar-refractivity contribution is -0.0425. The summed E-state index contributed by atoms with van der Waals surface area (Å²) in [7, 11) is -3.02. The first-order chi connectivity index (χ1) is 10.8. The Kier molecular flexibility index (Phi) is 4.08. The van der Waals surface area contributed by atoms with E-state index in [1.54, 1.807) is 11.6 Å². The molecule has 0 spiro atoms. The summed E-state index contributed by atoms with van der Waals surface area (Å²) in [5, 5.41) is 17.3. The second kappa shape index (κ2) is 5.78. The van der Waals surface area contributed by atoms with Gasteiger partial charge < -0.3 is 24.2 Å². The Balaban J connectivity index is 1.93. The molecule has 1 fully saturated rings. The molecule has 1 saturated heterocycles. The molecule has 23 heavy (non-hydrogen) atoms. The average molecular weight is 345 g/mol. The third kappa shape index (κ3) is 3.07. The van der Waals surface area contributed by atoms with Crippen molar-refractivity contribution < 1.29 is 28.7 Å². The minimum atomic E-state index is -4.70. The molecule has 0 bridgehead atoms. The fourth-order valence-corrected chi connectivity index (χ4v) is 3.12. The molecule has 0 aliphatic carbocycles. The van der Waals surface area contributed by atoms with Gasteiger partial charge in [-0.2, -0.15) is 0 Å². The van der Waals surface area contributed by atoms with Gasteiger partial charge in [-0.05, 0) is 0 Å². The summed E-state index contributed by atoms with van der Waals surface area (Å²) < 4.78 is 24.3. The third-order valence-corrected chi connectivity index (χ3v) is 4.19. The number of imidazole rings is 1. The van der Waals surface area contributed by atoms with Crippen LogP contribution in [-0.4, -0.2) is 52.8 Å². The van der Waals surface area contributed by atoms with E-state index in [1.807, 2.05) is 0 Å². The molecular formula is C11H16N5O6P. The zero-order valence-corrected chi connectivity index (χ0v) is 13.0. The smallest absolute Gasteiger partial charge is 0.394 e. The minimum absolute atomic E-state index is 0.109. The highest BCUT2D eigenvalue weighted by Crippen LogP contribution is 2.43. The Bertz CT molecular complexity index is 828. The first-order valence-electron chi connectivity index (χ1n) is 6.73. The molecule has 0 unspecified atom stereocenters. The second-order valence-electron chi connectivity index (χ2n) is 5.21. The van der Waals surface area contributed by atoms with Gasteiger partial charge in [0.05, 0.1) is 19.3 Å². The topological polar surface area (TPSA) is 156 Å². The van der Waals surface area contributed by atoms with Crippen LogP contribution in [0.25, 0.3) is 11.2 Å². The summed E-state index contributed by atoms with van der Waals surface area (Å²) >= 11 is 0. The maximum absolute atomic E-state index is 11.0. The highest BCUT2D eigenvalue weighted by Gasteiger charge is 2.40. The van der Waals surface area contributed by atoms with Gasteiger partial charge in [-0.1, -0.05) is 0 Å². The van der Waals surface area contributed by atoms with Gasteiger partial charge in [0, 0.05) is 13.5 Å². The minimum Gasteiger partial charge on any atom is -0.394 e. The summed E-state index contributed by atoms with van der Waals surface area (Å²) in [4.78, 5) is 26.2. The monoisotopic (exact) mass is 345 g/mol. The number of aliphatic hydroxyl groups is 1. The molecule has 0 saturated carbocycles. The Hall–Kier alpha value is -1.62. The van der Waals surface area contributed by atoms with Crippen molar-refractivity contribution >= 4 is 19.0 Å². The lowest BCUT2D eigenvalue weighted by Crippen LogP contribution is -2.26. The lowest BCUT2D eigenvalue weighted by Gasteiger charge is -2.16. The second-order valence-corrected chi connectivity index (χ2v) is 6.40. The number of phosphoric ester groups is 1. The Morgan fingerprint density at radius 2 is 2.22 bits per heavy atom. The van der Waals surface area contributed by atoms with Gasteiger partial charge in [0.1, 0.15) is 24.0 Å². The Morgan fingerprint density at radius 3 is 2.87 bits per heavy atom. The number of hydrogen-bond donors (Lipinski definition) is 4. The van der Waals surface area contributed by atoms with E-state index in [9.17, 15) is 9.67 Å². The van der Waals surface area contributed by atoms with Crippen LogP contribution in [0.15, 0.2) is 12.7 Å². The summed E-state index contributed by atoms with van der Waals surface area (Å²) in [6, 6.07) is 0. The van der Waals surface area contributed by atoms with Gasteiger partial charge in [-0.15, -0.1) is 0 Å². The highest BCUT2D eigenvalue weighted by molar-refractivity contribution is 7.46. The molecule has 2 aromatic heterocycles. The molecule has 4 N–H and O–H groups in total. The average Bonchev–Trinajstić information content (AvgIpc) is 3.05. The number of fused-ring (bicyclic) bond motifs is 1. The van der Waals surface area contributed by atoms with Crippen LogP contribution in [0.3, 0.4) is 0 Å². The van der Waals surface area contributed by atoms with E-state index >= 15 is 0 Å². The molecule has 1 aliphatic rings. The van der Waals surface area contributed by atoms with Crippen LogP contribution < -0.4 is 5.49 Å². The number of ether oxygens (including phenoxy) is 1. The number of nitrogens with zero attached hydrogens (tertiary/aromatic N) is 4. The van der Waals surface area contributed by atoms with Gasteiger partial charge >= 0.3 is 7.82 Å². The van der Waals surface area contributed by atoms with Gasteiger partial charge in [-0.3, -0.25) is 14.5 Å². The standard InChI is InChI=1S/C11H16N5O6P/c1-15-4-14-11-9(10(15)12)13-5-16(11)8-2-6(7(3-17)21-8)22-23(18,19)20/h4-8,12,17H,2-3H2,1H3,(H2,18,19,20)/t6-,7+,8+/m0/s1. The lowest BCUT2D eigenvalue weighted by atomic mass is 10.2. The molecule has 0 amide bonds. The van der Waals surface area contributed by atoms with E-state index in [-0.39, 0.29) is 11.9 Å². The van der Waals surface area contributed by atoms with Crippen molar-refractivity contribution in [1.82, 2.24) is 19.1 Å². The van der Waals surface area contributed by atoms with Crippen molar-refractivity contribution in [3.63, 3.8) is 0 Å². The predicted octanol–water partition coefficient (Wildman–Crippen LogP) is -0.993. The van der Waals surface area contributed by atoms with Crippen LogP contribution in [0, 0.1) is 5.41 Å². The molecule has 2 aromatic rings. The van der Waals surface area contributed by atoms with Crippen molar-refractivity contribution in [2.45, 2.75) is 24.9 Å². The van der Waals surface area contributed by atoms with E-state index < -0.39 is 32.9 Å². The van der Waals surface area contributed by atoms with Gasteiger partial charge in [0.25, 0.3) is 0 Å². The number of aliphatic hydroxyl groups excluding tert-OH is 1. The maximum Gasteiger partial charge on any atom is 0.469 e. The van der Waals surface area contributed by atoms with Crippen LogP contribution in [-0.2, 0) is 20.9 Å². The normalized spacial score (nSPS) is 25.3. The van der Waals surface area contributed by atoms with Crippen molar-refractivity contribution in [3.8, 4) is 0 Å². The highest BCUT2D eigenvalue weighted by atomic mass is 31.2. The predicted molar refractivity (Wildman–Crippen MR) is 74.9 cm³/mol. The van der Waals surface area contributed by atoms with Gasteiger partial charge in [-0.25, -0.2) is 14.5 Å². The molecule has 11 nitrogen and oxygen atoms in total. The molecule has 0 aromatic carbocycles. The van der Waals surface area contributed by atoms with Crippen molar-refractivity contribution in [2.24, 2.45) is 7.05 Å². The van der Waals surface area contributed by atoms with E-state index in [0.29, 0.717) is 11.2 Å². The van der Waals surface area contributed by atoms with Gasteiger partial charge in [0.15, 0.2) is 11.1 Å². The van der Waals surface area contributed by atoms with E-state index in [1.165, 1.54) is 17.2 Å². The van der Waals surface area contributed by atoms with Crippen molar-refractivity contribution in [3.05, 3.63) is 18.1 Å². The first-order valence-corrected chi connectivity index (χ1v) is 8.26.